The van der Waals surface area contributed by atoms with E-state index in [1.165, 1.54) is 11.3 Å². The first-order valence-electron chi connectivity index (χ1n) is 8.80. The van der Waals surface area contributed by atoms with Crippen LogP contribution in [-0.4, -0.2) is 58.8 Å². The minimum atomic E-state index is -1.05. The van der Waals surface area contributed by atoms with Crippen molar-refractivity contribution in [1.29, 1.82) is 0 Å². The number of carboxylic acids is 1. The molecule has 1 unspecified atom stereocenters. The number of aliphatic carboxylic acids is 1. The monoisotopic (exact) mass is 390 g/mol. The normalized spacial score (nSPS) is 19.7. The Morgan fingerprint density at radius 1 is 1.33 bits per heavy atom. The first-order valence-corrected chi connectivity index (χ1v) is 9.68. The molecule has 27 heavy (non-hydrogen) atoms. The number of nitrogens with zero attached hydrogens (tertiary/aromatic N) is 2. The van der Waals surface area contributed by atoms with Gasteiger partial charge in [-0.05, 0) is 38.1 Å². The Bertz CT molecular complexity index is 805. The molecule has 0 saturated carbocycles. The lowest BCUT2D eigenvalue weighted by Crippen LogP contribution is -2.52. The van der Waals surface area contributed by atoms with Crippen molar-refractivity contribution in [3.05, 3.63) is 35.3 Å². The molecule has 1 N–H and O–H groups in total. The Labute approximate surface area is 161 Å². The molecule has 1 aliphatic heterocycles. The fourth-order valence-corrected chi connectivity index (χ4v) is 3.77. The fourth-order valence-electron chi connectivity index (χ4n) is 2.94. The van der Waals surface area contributed by atoms with Crippen LogP contribution in [0.4, 0.5) is 0 Å². The number of ether oxygens (including phenoxy) is 2. The minimum absolute atomic E-state index is 0.0639. The molecule has 0 radical (unpaired) electrons. The van der Waals surface area contributed by atoms with E-state index in [-0.39, 0.29) is 25.0 Å². The van der Waals surface area contributed by atoms with Gasteiger partial charge in [0.05, 0.1) is 31.4 Å². The molecule has 3 rings (SSSR count). The van der Waals surface area contributed by atoms with Crippen LogP contribution >= 0.6 is 11.3 Å². The van der Waals surface area contributed by atoms with Gasteiger partial charge in [-0.1, -0.05) is 0 Å². The molecule has 1 fully saturated rings. The second kappa shape index (κ2) is 8.49. The first-order chi connectivity index (χ1) is 13.0. The number of hydrogen-bond donors (Lipinski definition) is 1. The second-order valence-electron chi connectivity index (χ2n) is 6.35. The molecule has 1 aromatic heterocycles. The third-order valence-electron chi connectivity index (χ3n) is 4.18. The highest BCUT2D eigenvalue weighted by Gasteiger charge is 2.32. The lowest BCUT2D eigenvalue weighted by molar-refractivity contribution is -0.166. The van der Waals surface area contributed by atoms with Gasteiger partial charge >= 0.3 is 5.97 Å². The van der Waals surface area contributed by atoms with Crippen LogP contribution in [0.1, 0.15) is 19.5 Å². The Morgan fingerprint density at radius 3 is 2.74 bits per heavy atom. The summed E-state index contributed by atoms with van der Waals surface area (Å²) in [6, 6.07) is 7.67. The molecule has 144 valence electrons. The first kappa shape index (κ1) is 19.3. The second-order valence-corrected chi connectivity index (χ2v) is 7.21. The van der Waals surface area contributed by atoms with E-state index in [1.54, 1.807) is 11.8 Å². The zero-order chi connectivity index (χ0) is 19.4. The molecule has 0 bridgehead atoms. The summed E-state index contributed by atoms with van der Waals surface area (Å²) in [7, 11) is 0. The quantitative estimate of drug-likeness (QED) is 0.815. The molecular formula is C19H22N2O5S. The summed E-state index contributed by atoms with van der Waals surface area (Å²) in [5.74, 6) is -0.381. The Kier molecular flexibility index (Phi) is 6.08. The predicted octanol–water partition coefficient (Wildman–Crippen LogP) is 2.45. The Morgan fingerprint density at radius 2 is 2.07 bits per heavy atom. The number of benzene rings is 1. The SMILES string of the molecule is CCOc1ccc(-c2nc(CC(=O)N3CC(C(=O)O)O[C@H](C)C3)cs2)cc1. The van der Waals surface area contributed by atoms with Crippen molar-refractivity contribution in [2.24, 2.45) is 0 Å². The summed E-state index contributed by atoms with van der Waals surface area (Å²) in [5.41, 5.74) is 1.65. The summed E-state index contributed by atoms with van der Waals surface area (Å²) in [4.78, 5) is 29.8. The van der Waals surface area contributed by atoms with Crippen LogP contribution in [0.5, 0.6) is 5.75 Å². The van der Waals surface area contributed by atoms with Gasteiger partial charge in [-0.25, -0.2) is 9.78 Å². The molecule has 8 heteroatoms. The van der Waals surface area contributed by atoms with E-state index in [2.05, 4.69) is 4.98 Å². The van der Waals surface area contributed by atoms with Crippen LogP contribution < -0.4 is 4.74 Å². The van der Waals surface area contributed by atoms with E-state index in [1.807, 2.05) is 36.6 Å². The van der Waals surface area contributed by atoms with Gasteiger partial charge in [0.2, 0.25) is 5.91 Å². The van der Waals surface area contributed by atoms with E-state index in [9.17, 15) is 9.59 Å². The van der Waals surface area contributed by atoms with Crippen molar-refractivity contribution in [2.45, 2.75) is 32.5 Å². The van der Waals surface area contributed by atoms with Crippen molar-refractivity contribution in [2.75, 3.05) is 19.7 Å². The average molecular weight is 390 g/mol. The summed E-state index contributed by atoms with van der Waals surface area (Å²) in [5, 5.41) is 11.8. The number of morpholine rings is 1. The van der Waals surface area contributed by atoms with E-state index in [0.29, 0.717) is 18.8 Å². The smallest absolute Gasteiger partial charge is 0.334 e. The van der Waals surface area contributed by atoms with E-state index in [0.717, 1.165) is 16.3 Å². The van der Waals surface area contributed by atoms with Gasteiger partial charge in [-0.3, -0.25) is 4.79 Å². The van der Waals surface area contributed by atoms with Crippen molar-refractivity contribution in [3.8, 4) is 16.3 Å². The number of carboxylic acid groups (broad SMARTS) is 1. The number of thiazole rings is 1. The Balaban J connectivity index is 1.64. The predicted molar refractivity (Wildman–Crippen MR) is 101 cm³/mol. The zero-order valence-electron chi connectivity index (χ0n) is 15.3. The molecule has 0 aliphatic carbocycles. The molecule has 2 heterocycles. The lowest BCUT2D eigenvalue weighted by atomic mass is 10.2. The number of aromatic nitrogens is 1. The third kappa shape index (κ3) is 4.84. The fraction of sp³-hybridized carbons (Fsp3) is 0.421. The van der Waals surface area contributed by atoms with Crippen LogP contribution in [-0.2, 0) is 20.7 Å². The van der Waals surface area contributed by atoms with Crippen molar-refractivity contribution in [3.63, 3.8) is 0 Å². The average Bonchev–Trinajstić information content (AvgIpc) is 3.10. The summed E-state index contributed by atoms with van der Waals surface area (Å²) in [6.45, 7) is 4.77. The largest absolute Gasteiger partial charge is 0.494 e. The molecule has 1 amide bonds. The molecule has 1 aliphatic rings. The summed E-state index contributed by atoms with van der Waals surface area (Å²) < 4.78 is 10.8. The van der Waals surface area contributed by atoms with Crippen LogP contribution in [0.15, 0.2) is 29.6 Å². The standard InChI is InChI=1S/C19H22N2O5S/c1-3-25-15-6-4-13(5-7-15)18-20-14(11-27-18)8-17(22)21-9-12(2)26-16(10-21)19(23)24/h4-7,11-12,16H,3,8-10H2,1-2H3,(H,23,24)/t12-,16?/m1/s1. The van der Waals surface area contributed by atoms with Crippen molar-refractivity contribution in [1.82, 2.24) is 9.88 Å². The van der Waals surface area contributed by atoms with Crippen LogP contribution in [0, 0.1) is 0 Å². The molecule has 7 nitrogen and oxygen atoms in total. The summed E-state index contributed by atoms with van der Waals surface area (Å²) in [6.07, 6.45) is -1.14. The van der Waals surface area contributed by atoms with Gasteiger partial charge in [0.25, 0.3) is 0 Å². The van der Waals surface area contributed by atoms with E-state index >= 15 is 0 Å². The van der Waals surface area contributed by atoms with Gasteiger partial charge in [0, 0.05) is 17.5 Å². The van der Waals surface area contributed by atoms with Gasteiger partial charge in [-0.15, -0.1) is 11.3 Å². The van der Waals surface area contributed by atoms with Gasteiger partial charge in [0.1, 0.15) is 10.8 Å². The Hall–Kier alpha value is -2.45. The minimum Gasteiger partial charge on any atom is -0.494 e. The highest BCUT2D eigenvalue weighted by Crippen LogP contribution is 2.26. The molecule has 2 aromatic rings. The number of amides is 1. The number of carbonyl (C=O) groups excluding carboxylic acids is 1. The van der Waals surface area contributed by atoms with Crippen molar-refractivity contribution < 1.29 is 24.2 Å². The van der Waals surface area contributed by atoms with E-state index < -0.39 is 12.1 Å². The maximum atomic E-state index is 12.6. The lowest BCUT2D eigenvalue weighted by Gasteiger charge is -2.34. The molecule has 1 saturated heterocycles. The highest BCUT2D eigenvalue weighted by atomic mass is 32.1. The topological polar surface area (TPSA) is 89.0 Å². The van der Waals surface area contributed by atoms with Crippen LogP contribution in [0.2, 0.25) is 0 Å². The highest BCUT2D eigenvalue weighted by molar-refractivity contribution is 7.13. The molecule has 1 aromatic carbocycles. The third-order valence-corrected chi connectivity index (χ3v) is 5.12. The number of carbonyl (C=O) groups is 2. The van der Waals surface area contributed by atoms with Gasteiger partial charge < -0.3 is 19.5 Å². The molecular weight excluding hydrogens is 368 g/mol. The molecule has 2 atom stereocenters. The van der Waals surface area contributed by atoms with Crippen LogP contribution in [0.3, 0.4) is 0 Å². The van der Waals surface area contributed by atoms with Crippen LogP contribution in [0.25, 0.3) is 10.6 Å². The number of hydrogen-bond acceptors (Lipinski definition) is 6. The van der Waals surface area contributed by atoms with Gasteiger partial charge in [-0.2, -0.15) is 0 Å². The maximum absolute atomic E-state index is 12.6. The van der Waals surface area contributed by atoms with E-state index in [4.69, 9.17) is 14.6 Å². The summed E-state index contributed by atoms with van der Waals surface area (Å²) >= 11 is 1.48. The number of rotatable bonds is 6. The van der Waals surface area contributed by atoms with Crippen molar-refractivity contribution >= 4 is 23.2 Å². The zero-order valence-corrected chi connectivity index (χ0v) is 16.1. The van der Waals surface area contributed by atoms with Gasteiger partial charge in [0.15, 0.2) is 6.10 Å². The maximum Gasteiger partial charge on any atom is 0.334 e. The molecule has 0 spiro atoms.